The zero-order valence-corrected chi connectivity index (χ0v) is 9.23. The van der Waals surface area contributed by atoms with Crippen molar-refractivity contribution in [2.24, 2.45) is 0 Å². The van der Waals surface area contributed by atoms with Gasteiger partial charge < -0.3 is 10.5 Å². The van der Waals surface area contributed by atoms with E-state index >= 15 is 0 Å². The average Bonchev–Trinajstić information content (AvgIpc) is 2.75. The Labute approximate surface area is 97.8 Å². The highest BCUT2D eigenvalue weighted by Gasteiger charge is 2.06. The molecule has 17 heavy (non-hydrogen) atoms. The lowest BCUT2D eigenvalue weighted by Crippen LogP contribution is -2.10. The molecule has 0 atom stereocenters. The largest absolute Gasteiger partial charge is 0.453 e. The minimum atomic E-state index is -0.512. The standard InChI is InChI=1S/C11H12N4O2/c1-17-11(16)14-8-4-2-3-7(5-8)9-6-13-15-10(9)12/h2-6H,1H3,(H,14,16)(H3,12,13,15). The lowest BCUT2D eigenvalue weighted by molar-refractivity contribution is 0.187. The number of methoxy groups -OCH3 is 1. The van der Waals surface area contributed by atoms with Crippen LogP contribution in [0.3, 0.4) is 0 Å². The Bertz CT molecular complexity index is 536. The van der Waals surface area contributed by atoms with Crippen LogP contribution in [0.4, 0.5) is 16.3 Å². The van der Waals surface area contributed by atoms with Crippen LogP contribution in [0.5, 0.6) is 0 Å². The highest BCUT2D eigenvalue weighted by molar-refractivity contribution is 5.86. The third-order valence-electron chi connectivity index (χ3n) is 2.27. The Morgan fingerprint density at radius 3 is 3.00 bits per heavy atom. The van der Waals surface area contributed by atoms with Crippen molar-refractivity contribution in [3.05, 3.63) is 30.5 Å². The topological polar surface area (TPSA) is 93.0 Å². The molecule has 0 aliphatic rings. The molecule has 2 rings (SSSR count). The molecule has 1 aromatic heterocycles. The summed E-state index contributed by atoms with van der Waals surface area (Å²) in [4.78, 5) is 11.1. The summed E-state index contributed by atoms with van der Waals surface area (Å²) in [5, 5.41) is 9.08. The number of carbonyl (C=O) groups is 1. The van der Waals surface area contributed by atoms with E-state index in [4.69, 9.17) is 5.73 Å². The summed E-state index contributed by atoms with van der Waals surface area (Å²) in [7, 11) is 1.31. The predicted molar refractivity (Wildman–Crippen MR) is 64.5 cm³/mol. The number of amides is 1. The number of nitrogens with one attached hydrogen (secondary N) is 2. The molecule has 1 aromatic carbocycles. The molecule has 2 aromatic rings. The molecule has 0 fully saturated rings. The summed E-state index contributed by atoms with van der Waals surface area (Å²) in [5.41, 5.74) is 8.01. The number of nitrogens with zero attached hydrogens (tertiary/aromatic N) is 1. The fraction of sp³-hybridized carbons (Fsp3) is 0.0909. The molecule has 0 aliphatic heterocycles. The van der Waals surface area contributed by atoms with E-state index < -0.39 is 6.09 Å². The summed E-state index contributed by atoms with van der Waals surface area (Å²) in [5.74, 6) is 0.486. The number of H-pyrrole nitrogens is 1. The molecule has 6 heteroatoms. The van der Waals surface area contributed by atoms with Crippen molar-refractivity contribution >= 4 is 17.6 Å². The molecule has 0 saturated carbocycles. The minimum absolute atomic E-state index is 0.486. The fourth-order valence-corrected chi connectivity index (χ4v) is 1.46. The van der Waals surface area contributed by atoms with Crippen LogP contribution in [-0.2, 0) is 4.74 Å². The monoisotopic (exact) mass is 232 g/mol. The Kier molecular flexibility index (Phi) is 2.95. The second-order valence-electron chi connectivity index (χ2n) is 3.39. The van der Waals surface area contributed by atoms with Crippen LogP contribution in [-0.4, -0.2) is 23.4 Å². The van der Waals surface area contributed by atoms with E-state index in [2.05, 4.69) is 20.3 Å². The van der Waals surface area contributed by atoms with Crippen LogP contribution in [0.25, 0.3) is 11.1 Å². The Morgan fingerprint density at radius 1 is 1.53 bits per heavy atom. The number of anilines is 2. The summed E-state index contributed by atoms with van der Waals surface area (Å²) in [6, 6.07) is 7.24. The van der Waals surface area contributed by atoms with Gasteiger partial charge in [-0.1, -0.05) is 12.1 Å². The van der Waals surface area contributed by atoms with Crippen LogP contribution in [0.2, 0.25) is 0 Å². The molecule has 0 spiro atoms. The van der Waals surface area contributed by atoms with Crippen LogP contribution in [0.1, 0.15) is 0 Å². The van der Waals surface area contributed by atoms with E-state index in [-0.39, 0.29) is 0 Å². The van der Waals surface area contributed by atoms with Gasteiger partial charge in [0.05, 0.1) is 13.3 Å². The van der Waals surface area contributed by atoms with Gasteiger partial charge in [0.15, 0.2) is 0 Å². The number of hydrogen-bond donors (Lipinski definition) is 3. The van der Waals surface area contributed by atoms with Crippen molar-refractivity contribution in [1.29, 1.82) is 0 Å². The number of nitrogens with two attached hydrogens (primary N) is 1. The van der Waals surface area contributed by atoms with Crippen LogP contribution in [0, 0.1) is 0 Å². The van der Waals surface area contributed by atoms with Gasteiger partial charge in [-0.3, -0.25) is 10.4 Å². The first-order valence-corrected chi connectivity index (χ1v) is 4.95. The second kappa shape index (κ2) is 4.56. The number of carbonyl (C=O) groups excluding carboxylic acids is 1. The van der Waals surface area contributed by atoms with Gasteiger partial charge in [0.2, 0.25) is 0 Å². The summed E-state index contributed by atoms with van der Waals surface area (Å²) in [6.45, 7) is 0. The second-order valence-corrected chi connectivity index (χ2v) is 3.39. The quantitative estimate of drug-likeness (QED) is 0.736. The molecule has 0 saturated heterocycles. The first kappa shape index (κ1) is 11.0. The molecule has 4 N–H and O–H groups in total. The summed E-state index contributed by atoms with van der Waals surface area (Å²) >= 11 is 0. The van der Waals surface area contributed by atoms with E-state index in [0.717, 1.165) is 11.1 Å². The lowest BCUT2D eigenvalue weighted by atomic mass is 10.1. The molecule has 1 amide bonds. The molecule has 88 valence electrons. The first-order valence-electron chi connectivity index (χ1n) is 4.95. The van der Waals surface area contributed by atoms with Crippen molar-refractivity contribution in [3.63, 3.8) is 0 Å². The van der Waals surface area contributed by atoms with E-state index in [1.54, 1.807) is 18.3 Å². The smallest absolute Gasteiger partial charge is 0.411 e. The van der Waals surface area contributed by atoms with Gasteiger partial charge in [0, 0.05) is 11.3 Å². The van der Waals surface area contributed by atoms with Gasteiger partial charge in [0.1, 0.15) is 5.82 Å². The molecule has 0 bridgehead atoms. The summed E-state index contributed by atoms with van der Waals surface area (Å²) < 4.78 is 4.52. The Morgan fingerprint density at radius 2 is 2.35 bits per heavy atom. The summed E-state index contributed by atoms with van der Waals surface area (Å²) in [6.07, 6.45) is 1.12. The van der Waals surface area contributed by atoms with Crippen molar-refractivity contribution in [1.82, 2.24) is 10.2 Å². The van der Waals surface area contributed by atoms with Gasteiger partial charge >= 0.3 is 6.09 Å². The number of nitrogen functional groups attached to an aromatic ring is 1. The fourth-order valence-electron chi connectivity index (χ4n) is 1.46. The molecule has 6 nitrogen and oxygen atoms in total. The Hall–Kier alpha value is -2.50. The van der Waals surface area contributed by atoms with E-state index in [1.165, 1.54) is 7.11 Å². The van der Waals surface area contributed by atoms with Crippen molar-refractivity contribution in [3.8, 4) is 11.1 Å². The van der Waals surface area contributed by atoms with Gasteiger partial charge in [-0.15, -0.1) is 0 Å². The highest BCUT2D eigenvalue weighted by atomic mass is 16.5. The average molecular weight is 232 g/mol. The predicted octanol–water partition coefficient (Wildman–Crippen LogP) is 1.84. The van der Waals surface area contributed by atoms with Gasteiger partial charge in [-0.2, -0.15) is 5.10 Å². The number of rotatable bonds is 2. The van der Waals surface area contributed by atoms with Crippen molar-refractivity contribution < 1.29 is 9.53 Å². The van der Waals surface area contributed by atoms with E-state index in [9.17, 15) is 4.79 Å². The number of ether oxygens (including phenoxy) is 1. The third-order valence-corrected chi connectivity index (χ3v) is 2.27. The lowest BCUT2D eigenvalue weighted by Gasteiger charge is -2.05. The van der Waals surface area contributed by atoms with Gasteiger partial charge in [-0.05, 0) is 17.7 Å². The molecule has 1 heterocycles. The van der Waals surface area contributed by atoms with Gasteiger partial charge in [-0.25, -0.2) is 4.79 Å². The first-order chi connectivity index (χ1) is 8.20. The molecule has 0 unspecified atom stereocenters. The van der Waals surface area contributed by atoms with Crippen LogP contribution < -0.4 is 11.1 Å². The highest BCUT2D eigenvalue weighted by Crippen LogP contribution is 2.25. The van der Waals surface area contributed by atoms with E-state index in [0.29, 0.717) is 11.5 Å². The number of aromatic amines is 1. The maximum Gasteiger partial charge on any atom is 0.411 e. The molecular formula is C11H12N4O2. The molecule has 0 radical (unpaired) electrons. The molecule has 0 aliphatic carbocycles. The maximum absolute atomic E-state index is 11.1. The zero-order valence-electron chi connectivity index (χ0n) is 9.23. The normalized spacial score (nSPS) is 9.94. The number of hydrogen-bond acceptors (Lipinski definition) is 4. The van der Waals surface area contributed by atoms with Crippen molar-refractivity contribution in [2.45, 2.75) is 0 Å². The number of benzene rings is 1. The van der Waals surface area contributed by atoms with Crippen molar-refractivity contribution in [2.75, 3.05) is 18.2 Å². The van der Waals surface area contributed by atoms with E-state index in [1.807, 2.05) is 12.1 Å². The third kappa shape index (κ3) is 2.36. The van der Waals surface area contributed by atoms with Crippen LogP contribution in [0.15, 0.2) is 30.5 Å². The molecular weight excluding hydrogens is 220 g/mol. The number of aromatic nitrogens is 2. The Balaban J connectivity index is 2.29. The van der Waals surface area contributed by atoms with Crippen LogP contribution >= 0.6 is 0 Å². The SMILES string of the molecule is COC(=O)Nc1cccc(-c2cn[nH]c2N)c1. The zero-order chi connectivity index (χ0) is 12.3. The minimum Gasteiger partial charge on any atom is -0.453 e. The maximum atomic E-state index is 11.1. The van der Waals surface area contributed by atoms with Gasteiger partial charge in [0.25, 0.3) is 0 Å².